The van der Waals surface area contributed by atoms with E-state index in [-0.39, 0.29) is 0 Å². The van der Waals surface area contributed by atoms with E-state index in [0.717, 1.165) is 12.8 Å². The van der Waals surface area contributed by atoms with Crippen molar-refractivity contribution < 1.29 is 0 Å². The van der Waals surface area contributed by atoms with Crippen molar-refractivity contribution >= 4 is 0 Å². The lowest BCUT2D eigenvalue weighted by Crippen LogP contribution is -1.82. The van der Waals surface area contributed by atoms with Gasteiger partial charge in [-0.1, -0.05) is 45.1 Å². The maximum atomic E-state index is 2.28. The average molecular weight is 162 g/mol. The summed E-state index contributed by atoms with van der Waals surface area (Å²) in [7, 11) is 0. The molecule has 0 aromatic rings. The van der Waals surface area contributed by atoms with Crippen LogP contribution in [0.25, 0.3) is 0 Å². The predicted molar refractivity (Wildman–Crippen MR) is 55.1 cm³/mol. The molecule has 1 aliphatic carbocycles. The standard InChI is InChI=1S/C12H18/c1-4-11-8-6-10(3)7-9-12(11)5-2/h6-10H,4-5H2,1-3H3. The molecule has 0 heterocycles. The highest BCUT2D eigenvalue weighted by Crippen LogP contribution is 2.20. The Bertz CT molecular complexity index is 204. The summed E-state index contributed by atoms with van der Waals surface area (Å²) < 4.78 is 0. The summed E-state index contributed by atoms with van der Waals surface area (Å²) in [6, 6.07) is 0. The van der Waals surface area contributed by atoms with Gasteiger partial charge in [0.15, 0.2) is 0 Å². The first-order valence-corrected chi connectivity index (χ1v) is 4.86. The van der Waals surface area contributed by atoms with Gasteiger partial charge in [0.1, 0.15) is 0 Å². The fourth-order valence-electron chi connectivity index (χ4n) is 1.50. The van der Waals surface area contributed by atoms with Gasteiger partial charge in [-0.2, -0.15) is 0 Å². The maximum absolute atomic E-state index is 2.28. The van der Waals surface area contributed by atoms with Crippen molar-refractivity contribution in [2.24, 2.45) is 5.92 Å². The van der Waals surface area contributed by atoms with E-state index < -0.39 is 0 Å². The van der Waals surface area contributed by atoms with Gasteiger partial charge in [0.2, 0.25) is 0 Å². The van der Waals surface area contributed by atoms with Crippen LogP contribution in [0.1, 0.15) is 33.6 Å². The largest absolute Gasteiger partial charge is 0.0776 e. The maximum Gasteiger partial charge on any atom is -0.00754 e. The van der Waals surface area contributed by atoms with E-state index >= 15 is 0 Å². The molecule has 0 heteroatoms. The van der Waals surface area contributed by atoms with Gasteiger partial charge in [-0.3, -0.25) is 0 Å². The molecule has 12 heavy (non-hydrogen) atoms. The third kappa shape index (κ3) is 2.10. The first kappa shape index (κ1) is 9.31. The summed E-state index contributed by atoms with van der Waals surface area (Å²) in [5.41, 5.74) is 3.00. The second-order valence-corrected chi connectivity index (χ2v) is 3.33. The Kier molecular flexibility index (Phi) is 3.33. The van der Waals surface area contributed by atoms with Gasteiger partial charge in [0.25, 0.3) is 0 Å². The third-order valence-electron chi connectivity index (χ3n) is 2.38. The fraction of sp³-hybridized carbons (Fsp3) is 0.500. The van der Waals surface area contributed by atoms with Crippen molar-refractivity contribution in [1.82, 2.24) is 0 Å². The highest BCUT2D eigenvalue weighted by Gasteiger charge is 2.01. The van der Waals surface area contributed by atoms with Crippen molar-refractivity contribution in [1.29, 1.82) is 0 Å². The molecule has 1 rings (SSSR count). The molecule has 1 aliphatic rings. The molecule has 0 aromatic heterocycles. The Morgan fingerprint density at radius 3 is 1.75 bits per heavy atom. The Balaban J connectivity index is 2.93. The molecular formula is C12H18. The van der Waals surface area contributed by atoms with E-state index in [4.69, 9.17) is 0 Å². The molecule has 0 atom stereocenters. The zero-order valence-electron chi connectivity index (χ0n) is 8.30. The van der Waals surface area contributed by atoms with Crippen LogP contribution < -0.4 is 0 Å². The Morgan fingerprint density at radius 1 is 1.00 bits per heavy atom. The highest BCUT2D eigenvalue weighted by atomic mass is 14.1. The minimum atomic E-state index is 0.593. The van der Waals surface area contributed by atoms with Gasteiger partial charge < -0.3 is 0 Å². The molecule has 0 bridgehead atoms. The van der Waals surface area contributed by atoms with Crippen molar-refractivity contribution in [3.8, 4) is 0 Å². The lowest BCUT2D eigenvalue weighted by molar-refractivity contribution is 0.939. The molecule has 0 aliphatic heterocycles. The summed E-state index contributed by atoms with van der Waals surface area (Å²) in [5, 5.41) is 0. The molecule has 0 fully saturated rings. The zero-order valence-corrected chi connectivity index (χ0v) is 8.30. The molecule has 0 aromatic carbocycles. The normalized spacial score (nSPS) is 18.6. The molecule has 0 saturated carbocycles. The van der Waals surface area contributed by atoms with Gasteiger partial charge in [0.05, 0.1) is 0 Å². The Morgan fingerprint density at radius 2 is 1.42 bits per heavy atom. The number of allylic oxidation sites excluding steroid dienone is 6. The van der Waals surface area contributed by atoms with E-state index in [1.807, 2.05) is 0 Å². The van der Waals surface area contributed by atoms with Crippen LogP contribution in [-0.4, -0.2) is 0 Å². The number of rotatable bonds is 2. The van der Waals surface area contributed by atoms with Gasteiger partial charge in [0, 0.05) is 0 Å². The first-order chi connectivity index (χ1) is 5.77. The van der Waals surface area contributed by atoms with E-state index in [0.29, 0.717) is 5.92 Å². The zero-order chi connectivity index (χ0) is 8.97. The second kappa shape index (κ2) is 4.30. The van der Waals surface area contributed by atoms with Crippen LogP contribution in [0.5, 0.6) is 0 Å². The third-order valence-corrected chi connectivity index (χ3v) is 2.38. The van der Waals surface area contributed by atoms with Gasteiger partial charge in [-0.25, -0.2) is 0 Å². The fourth-order valence-corrected chi connectivity index (χ4v) is 1.50. The van der Waals surface area contributed by atoms with Crippen LogP contribution in [0.3, 0.4) is 0 Å². The summed E-state index contributed by atoms with van der Waals surface area (Å²) in [5.74, 6) is 0.593. The second-order valence-electron chi connectivity index (χ2n) is 3.33. The number of hydrogen-bond acceptors (Lipinski definition) is 0. The number of hydrogen-bond donors (Lipinski definition) is 0. The SMILES string of the molecule is CCC1=C(CC)C=CC(C)C=C1. The van der Waals surface area contributed by atoms with Gasteiger partial charge >= 0.3 is 0 Å². The molecule has 66 valence electrons. The van der Waals surface area contributed by atoms with Crippen LogP contribution in [0, 0.1) is 5.92 Å². The predicted octanol–water partition coefficient (Wildman–Crippen LogP) is 3.87. The van der Waals surface area contributed by atoms with E-state index in [1.54, 1.807) is 0 Å². The Hall–Kier alpha value is -0.780. The summed E-state index contributed by atoms with van der Waals surface area (Å²) >= 11 is 0. The molecule has 0 N–H and O–H groups in total. The lowest BCUT2D eigenvalue weighted by Gasteiger charge is -2.02. The highest BCUT2D eigenvalue weighted by molar-refractivity contribution is 5.36. The summed E-state index contributed by atoms with van der Waals surface area (Å²) in [6.07, 6.45) is 11.4. The van der Waals surface area contributed by atoms with E-state index in [1.165, 1.54) is 11.1 Å². The van der Waals surface area contributed by atoms with Crippen molar-refractivity contribution in [3.63, 3.8) is 0 Å². The van der Waals surface area contributed by atoms with Crippen LogP contribution >= 0.6 is 0 Å². The van der Waals surface area contributed by atoms with Gasteiger partial charge in [-0.15, -0.1) is 0 Å². The van der Waals surface area contributed by atoms with Crippen LogP contribution in [0.2, 0.25) is 0 Å². The van der Waals surface area contributed by atoms with E-state index in [2.05, 4.69) is 45.1 Å². The van der Waals surface area contributed by atoms with Crippen molar-refractivity contribution in [3.05, 3.63) is 35.5 Å². The first-order valence-electron chi connectivity index (χ1n) is 4.86. The monoisotopic (exact) mass is 162 g/mol. The van der Waals surface area contributed by atoms with Crippen LogP contribution in [-0.2, 0) is 0 Å². The molecule has 0 saturated heterocycles. The summed E-state index contributed by atoms with van der Waals surface area (Å²) in [6.45, 7) is 6.66. The minimum Gasteiger partial charge on any atom is -0.0776 e. The quantitative estimate of drug-likeness (QED) is 0.578. The van der Waals surface area contributed by atoms with E-state index in [9.17, 15) is 0 Å². The molecule has 0 nitrogen and oxygen atoms in total. The minimum absolute atomic E-state index is 0.593. The molecule has 0 unspecified atom stereocenters. The lowest BCUT2D eigenvalue weighted by atomic mass is 10.0. The van der Waals surface area contributed by atoms with Crippen molar-refractivity contribution in [2.45, 2.75) is 33.6 Å². The van der Waals surface area contributed by atoms with Gasteiger partial charge in [-0.05, 0) is 29.9 Å². The summed E-state index contributed by atoms with van der Waals surface area (Å²) in [4.78, 5) is 0. The molecular weight excluding hydrogens is 144 g/mol. The molecule has 0 radical (unpaired) electrons. The molecule has 0 amide bonds. The smallest absolute Gasteiger partial charge is 0.00754 e. The van der Waals surface area contributed by atoms with Crippen molar-refractivity contribution in [2.75, 3.05) is 0 Å². The van der Waals surface area contributed by atoms with Crippen LogP contribution in [0.15, 0.2) is 35.5 Å². The Labute approximate surface area is 75.7 Å². The van der Waals surface area contributed by atoms with Crippen LogP contribution in [0.4, 0.5) is 0 Å². The average Bonchev–Trinajstić information content (AvgIpc) is 2.27. The topological polar surface area (TPSA) is 0 Å². The molecule has 0 spiro atoms.